The number of hydrogen-bond donors (Lipinski definition) is 2. The van der Waals surface area contributed by atoms with Crippen LogP contribution in [-0.2, 0) is 6.18 Å². The Morgan fingerprint density at radius 2 is 1.87 bits per heavy atom. The van der Waals surface area contributed by atoms with Gasteiger partial charge in [-0.1, -0.05) is 18.2 Å². The second kappa shape index (κ2) is 6.41. The minimum atomic E-state index is -4.43. The molecule has 0 amide bonds. The first-order chi connectivity index (χ1) is 14.3. The molecule has 1 aromatic carbocycles. The summed E-state index contributed by atoms with van der Waals surface area (Å²) in [6.07, 6.45) is 0.496. The number of benzene rings is 1. The maximum absolute atomic E-state index is 13.4. The van der Waals surface area contributed by atoms with Gasteiger partial charge < -0.3 is 4.98 Å². The van der Waals surface area contributed by atoms with Crippen LogP contribution < -0.4 is 11.2 Å². The summed E-state index contributed by atoms with van der Waals surface area (Å²) < 4.78 is 41.8. The molecule has 1 aliphatic carbocycles. The van der Waals surface area contributed by atoms with Crippen molar-refractivity contribution in [3.63, 3.8) is 0 Å². The van der Waals surface area contributed by atoms with E-state index >= 15 is 0 Å². The fraction of sp³-hybridized carbons (Fsp3) is 0.200. The Morgan fingerprint density at radius 1 is 1.10 bits per heavy atom. The lowest BCUT2D eigenvalue weighted by molar-refractivity contribution is -0.138. The first-order valence-corrected chi connectivity index (χ1v) is 9.15. The van der Waals surface area contributed by atoms with Crippen molar-refractivity contribution < 1.29 is 13.2 Å². The normalized spacial score (nSPS) is 18.6. The van der Waals surface area contributed by atoms with Crippen LogP contribution in [0.25, 0.3) is 16.9 Å². The van der Waals surface area contributed by atoms with E-state index in [1.54, 1.807) is 18.3 Å². The molecule has 2 atom stereocenters. The molecule has 0 spiro atoms. The molecule has 1 fully saturated rings. The molecule has 7 nitrogen and oxygen atoms in total. The van der Waals surface area contributed by atoms with Gasteiger partial charge in [0.05, 0.1) is 16.8 Å². The molecule has 1 saturated carbocycles. The molecule has 4 aromatic rings. The predicted octanol–water partition coefficient (Wildman–Crippen LogP) is 3.06. The van der Waals surface area contributed by atoms with Crippen molar-refractivity contribution in [1.29, 1.82) is 0 Å². The third kappa shape index (κ3) is 3.00. The zero-order valence-corrected chi connectivity index (χ0v) is 15.3. The molecule has 0 bridgehead atoms. The SMILES string of the molecule is O=c1[nH]cc(-c2cc(C3CC3c3ccccc3C(F)(F)F)c3nccn3n2)c(=O)[nH]1. The molecule has 30 heavy (non-hydrogen) atoms. The summed E-state index contributed by atoms with van der Waals surface area (Å²) in [6.45, 7) is 0. The van der Waals surface area contributed by atoms with Crippen LogP contribution >= 0.6 is 0 Å². The van der Waals surface area contributed by atoms with E-state index in [1.165, 1.54) is 29.0 Å². The lowest BCUT2D eigenvalue weighted by atomic mass is 9.99. The summed E-state index contributed by atoms with van der Waals surface area (Å²) in [4.78, 5) is 32.3. The highest BCUT2D eigenvalue weighted by molar-refractivity contribution is 5.63. The van der Waals surface area contributed by atoms with Crippen molar-refractivity contribution in [1.82, 2.24) is 24.6 Å². The van der Waals surface area contributed by atoms with Gasteiger partial charge in [0.25, 0.3) is 5.56 Å². The molecule has 10 heteroatoms. The number of H-pyrrole nitrogens is 2. The monoisotopic (exact) mass is 413 g/mol. The van der Waals surface area contributed by atoms with Gasteiger partial charge in [-0.25, -0.2) is 14.3 Å². The van der Waals surface area contributed by atoms with Gasteiger partial charge in [0, 0.05) is 24.2 Å². The minimum Gasteiger partial charge on any atom is -0.313 e. The molecule has 0 radical (unpaired) electrons. The molecular formula is C20H14F3N5O2. The fourth-order valence-corrected chi connectivity index (χ4v) is 3.91. The number of halogens is 3. The topological polar surface area (TPSA) is 95.9 Å². The summed E-state index contributed by atoms with van der Waals surface area (Å²) in [5.41, 5.74) is 0.0459. The molecule has 2 N–H and O–H groups in total. The molecule has 2 unspecified atom stereocenters. The van der Waals surface area contributed by atoms with Crippen LogP contribution in [0, 0.1) is 0 Å². The molecule has 152 valence electrons. The van der Waals surface area contributed by atoms with Gasteiger partial charge in [-0.2, -0.15) is 18.3 Å². The lowest BCUT2D eigenvalue weighted by Crippen LogP contribution is -2.23. The Labute approximate surface area is 166 Å². The lowest BCUT2D eigenvalue weighted by Gasteiger charge is -2.13. The zero-order valence-electron chi connectivity index (χ0n) is 15.3. The fourth-order valence-electron chi connectivity index (χ4n) is 3.91. The van der Waals surface area contributed by atoms with E-state index in [1.807, 2.05) is 0 Å². The van der Waals surface area contributed by atoms with Crippen LogP contribution in [0.2, 0.25) is 0 Å². The van der Waals surface area contributed by atoms with Crippen molar-refractivity contribution in [3.8, 4) is 11.3 Å². The highest BCUT2D eigenvalue weighted by atomic mass is 19.4. The molecule has 0 saturated heterocycles. The molecule has 3 aromatic heterocycles. The number of hydrogen-bond acceptors (Lipinski definition) is 4. The number of fused-ring (bicyclic) bond motifs is 1. The van der Waals surface area contributed by atoms with Gasteiger partial charge >= 0.3 is 11.9 Å². The van der Waals surface area contributed by atoms with E-state index in [0.717, 1.165) is 6.07 Å². The van der Waals surface area contributed by atoms with Crippen LogP contribution in [0.1, 0.15) is 34.9 Å². The first-order valence-electron chi connectivity index (χ1n) is 9.15. The summed E-state index contributed by atoms with van der Waals surface area (Å²) >= 11 is 0. The molecule has 5 rings (SSSR count). The Bertz CT molecular complexity index is 1390. The second-order valence-corrected chi connectivity index (χ2v) is 7.20. The van der Waals surface area contributed by atoms with E-state index in [-0.39, 0.29) is 23.0 Å². The number of rotatable bonds is 3. The van der Waals surface area contributed by atoms with E-state index in [2.05, 4.69) is 20.1 Å². The van der Waals surface area contributed by atoms with Gasteiger partial charge in [-0.05, 0) is 36.0 Å². The summed E-state index contributed by atoms with van der Waals surface area (Å²) in [7, 11) is 0. The van der Waals surface area contributed by atoms with Crippen LogP contribution in [0.4, 0.5) is 13.2 Å². The quantitative estimate of drug-likeness (QED) is 0.540. The number of nitrogens with one attached hydrogen (secondary N) is 2. The Hall–Kier alpha value is -3.69. The van der Waals surface area contributed by atoms with Crippen LogP contribution in [0.15, 0.2) is 58.5 Å². The van der Waals surface area contributed by atoms with Crippen LogP contribution in [0.3, 0.4) is 0 Å². The van der Waals surface area contributed by atoms with Crippen molar-refractivity contribution in [2.24, 2.45) is 0 Å². The standard InChI is InChI=1S/C20H14F3N5O2/c21-20(22,23)15-4-2-1-3-10(15)11-7-12(11)13-8-16(27-28-6-5-24-17(13)28)14-9-25-19(30)26-18(14)29/h1-6,8-9,11-12H,7H2,(H2,25,26,29,30). The van der Waals surface area contributed by atoms with Gasteiger partial charge in [0.2, 0.25) is 0 Å². The number of aromatic amines is 2. The third-order valence-corrected chi connectivity index (χ3v) is 5.34. The van der Waals surface area contributed by atoms with E-state index in [4.69, 9.17) is 0 Å². The van der Waals surface area contributed by atoms with Gasteiger partial charge in [-0.15, -0.1) is 0 Å². The maximum Gasteiger partial charge on any atom is 0.416 e. The van der Waals surface area contributed by atoms with Gasteiger partial charge in [0.1, 0.15) is 0 Å². The summed E-state index contributed by atoms with van der Waals surface area (Å²) in [5, 5.41) is 4.35. The zero-order chi connectivity index (χ0) is 21.0. The largest absolute Gasteiger partial charge is 0.416 e. The predicted molar refractivity (Wildman–Crippen MR) is 101 cm³/mol. The Balaban J connectivity index is 1.61. The molecular weight excluding hydrogens is 399 g/mol. The molecule has 3 heterocycles. The van der Waals surface area contributed by atoms with Crippen LogP contribution in [0.5, 0.6) is 0 Å². The van der Waals surface area contributed by atoms with Crippen molar-refractivity contribution in [2.45, 2.75) is 24.4 Å². The van der Waals surface area contributed by atoms with E-state index in [9.17, 15) is 22.8 Å². The highest BCUT2D eigenvalue weighted by Gasteiger charge is 2.46. The number of alkyl halides is 3. The smallest absolute Gasteiger partial charge is 0.313 e. The Kier molecular flexibility index (Phi) is 3.92. The second-order valence-electron chi connectivity index (χ2n) is 7.20. The van der Waals surface area contributed by atoms with Crippen LogP contribution in [-0.4, -0.2) is 24.6 Å². The Morgan fingerprint density at radius 3 is 2.63 bits per heavy atom. The van der Waals surface area contributed by atoms with Gasteiger partial charge in [-0.3, -0.25) is 9.78 Å². The van der Waals surface area contributed by atoms with E-state index in [0.29, 0.717) is 23.3 Å². The number of nitrogens with zero attached hydrogens (tertiary/aromatic N) is 3. The average molecular weight is 413 g/mol. The maximum atomic E-state index is 13.4. The number of aromatic nitrogens is 5. The number of imidazole rings is 1. The van der Waals surface area contributed by atoms with Crippen molar-refractivity contribution >= 4 is 5.65 Å². The summed E-state index contributed by atoms with van der Waals surface area (Å²) in [6, 6.07) is 7.23. The molecule has 0 aliphatic heterocycles. The van der Waals surface area contributed by atoms with Gasteiger partial charge in [0.15, 0.2) is 5.65 Å². The first kappa shape index (κ1) is 18.3. The van der Waals surface area contributed by atoms with E-state index < -0.39 is 23.0 Å². The minimum absolute atomic E-state index is 0.152. The average Bonchev–Trinajstić information content (AvgIpc) is 3.35. The summed E-state index contributed by atoms with van der Waals surface area (Å²) in [5.74, 6) is -0.505. The third-order valence-electron chi connectivity index (χ3n) is 5.34. The highest BCUT2D eigenvalue weighted by Crippen LogP contribution is 2.57. The molecule has 1 aliphatic rings. The van der Waals surface area contributed by atoms with Crippen molar-refractivity contribution in [3.05, 3.63) is 86.5 Å². The van der Waals surface area contributed by atoms with Crippen molar-refractivity contribution in [2.75, 3.05) is 0 Å².